The molecule has 0 aromatic carbocycles. The van der Waals surface area contributed by atoms with Crippen LogP contribution >= 0.6 is 23.2 Å². The molecule has 2 atom stereocenters. The summed E-state index contributed by atoms with van der Waals surface area (Å²) in [5, 5.41) is 8.88. The largest absolute Gasteiger partial charge is 0.311 e. The smallest absolute Gasteiger partial charge is 0.0860 e. The van der Waals surface area contributed by atoms with Gasteiger partial charge in [-0.3, -0.25) is 4.68 Å². The second kappa shape index (κ2) is 6.27. The Morgan fingerprint density at radius 3 is 2.72 bits per heavy atom. The van der Waals surface area contributed by atoms with Gasteiger partial charge in [0.25, 0.3) is 0 Å². The highest BCUT2D eigenvalue weighted by Gasteiger charge is 2.22. The van der Waals surface area contributed by atoms with Gasteiger partial charge >= 0.3 is 0 Å². The fourth-order valence-electron chi connectivity index (χ4n) is 2.64. The van der Waals surface area contributed by atoms with Crippen molar-refractivity contribution >= 4 is 23.2 Å². The summed E-state index contributed by atoms with van der Waals surface area (Å²) in [6, 6.07) is 0. The number of rotatable bonds is 4. The first-order valence-corrected chi connectivity index (χ1v) is 7.43. The van der Waals surface area contributed by atoms with Gasteiger partial charge in [0.1, 0.15) is 0 Å². The first kappa shape index (κ1) is 14.2. The topological polar surface area (TPSA) is 29.9 Å². The van der Waals surface area contributed by atoms with E-state index in [-0.39, 0.29) is 0 Å². The predicted octanol–water partition coefficient (Wildman–Crippen LogP) is 3.27. The number of hydrogen-bond donors (Lipinski definition) is 1. The van der Waals surface area contributed by atoms with Gasteiger partial charge in [-0.25, -0.2) is 0 Å². The maximum atomic E-state index is 6.35. The number of halogens is 2. The summed E-state index contributed by atoms with van der Waals surface area (Å²) in [7, 11) is 1.93. The summed E-state index contributed by atoms with van der Waals surface area (Å²) in [5.74, 6) is 0.591. The van der Waals surface area contributed by atoms with Crippen molar-refractivity contribution in [1.29, 1.82) is 0 Å². The average molecular weight is 290 g/mol. The standard InChI is InChI=1S/C13H21Cl2N3/c1-9-13(15)12(18(2)17-9)8-16-7-10-5-3-4-6-11(10)14/h10-11,16H,3-8H2,1-2H3. The van der Waals surface area contributed by atoms with Crippen molar-refractivity contribution in [2.24, 2.45) is 13.0 Å². The Bertz CT molecular complexity index is 403. The molecule has 1 saturated carbocycles. The summed E-state index contributed by atoms with van der Waals surface area (Å²) < 4.78 is 1.85. The van der Waals surface area contributed by atoms with Gasteiger partial charge in [-0.2, -0.15) is 5.10 Å². The minimum absolute atomic E-state index is 0.329. The molecule has 3 nitrogen and oxygen atoms in total. The molecule has 2 rings (SSSR count). The summed E-state index contributed by atoms with van der Waals surface area (Å²) >= 11 is 12.6. The predicted molar refractivity (Wildman–Crippen MR) is 76.3 cm³/mol. The van der Waals surface area contributed by atoms with Crippen LogP contribution in [0.1, 0.15) is 37.1 Å². The molecule has 1 aromatic heterocycles. The van der Waals surface area contributed by atoms with Gasteiger partial charge in [0.15, 0.2) is 0 Å². The van der Waals surface area contributed by atoms with Crippen LogP contribution < -0.4 is 5.32 Å². The summed E-state index contributed by atoms with van der Waals surface area (Å²) in [4.78, 5) is 0. The summed E-state index contributed by atoms with van der Waals surface area (Å²) in [6.45, 7) is 3.66. The van der Waals surface area contributed by atoms with E-state index in [2.05, 4.69) is 10.4 Å². The van der Waals surface area contributed by atoms with Gasteiger partial charge in [-0.1, -0.05) is 24.4 Å². The maximum Gasteiger partial charge on any atom is 0.0860 e. The lowest BCUT2D eigenvalue weighted by molar-refractivity contribution is 0.347. The van der Waals surface area contributed by atoms with E-state index < -0.39 is 0 Å². The van der Waals surface area contributed by atoms with Crippen molar-refractivity contribution in [2.75, 3.05) is 6.54 Å². The number of nitrogens with zero attached hydrogens (tertiary/aromatic N) is 2. The molecule has 0 aliphatic heterocycles. The molecule has 18 heavy (non-hydrogen) atoms. The maximum absolute atomic E-state index is 6.35. The van der Waals surface area contributed by atoms with E-state index in [1.807, 2.05) is 18.7 Å². The molecular weight excluding hydrogens is 269 g/mol. The van der Waals surface area contributed by atoms with E-state index in [1.54, 1.807) is 0 Å². The number of aromatic nitrogens is 2. The number of hydrogen-bond acceptors (Lipinski definition) is 2. The fraction of sp³-hybridized carbons (Fsp3) is 0.769. The molecule has 0 bridgehead atoms. The van der Waals surface area contributed by atoms with E-state index in [0.717, 1.165) is 35.9 Å². The fourth-order valence-corrected chi connectivity index (χ4v) is 3.24. The summed E-state index contributed by atoms with van der Waals surface area (Å²) in [6.07, 6.45) is 4.97. The van der Waals surface area contributed by atoms with Crippen molar-refractivity contribution < 1.29 is 0 Å². The number of aryl methyl sites for hydroxylation is 2. The lowest BCUT2D eigenvalue weighted by Gasteiger charge is -2.27. The van der Waals surface area contributed by atoms with Gasteiger partial charge in [-0.15, -0.1) is 11.6 Å². The molecule has 102 valence electrons. The minimum Gasteiger partial charge on any atom is -0.311 e. The third-order valence-corrected chi connectivity index (χ3v) is 4.84. The monoisotopic (exact) mass is 289 g/mol. The highest BCUT2D eigenvalue weighted by Crippen LogP contribution is 2.28. The van der Waals surface area contributed by atoms with Crippen molar-refractivity contribution in [3.05, 3.63) is 16.4 Å². The summed E-state index contributed by atoms with van der Waals surface area (Å²) in [5.41, 5.74) is 1.94. The van der Waals surface area contributed by atoms with Crippen LogP contribution in [0.25, 0.3) is 0 Å². The first-order chi connectivity index (χ1) is 8.59. The lowest BCUT2D eigenvalue weighted by atomic mass is 9.89. The third kappa shape index (κ3) is 3.19. The zero-order valence-corrected chi connectivity index (χ0v) is 12.6. The Labute approximate surface area is 119 Å². The Balaban J connectivity index is 1.84. The number of alkyl halides is 1. The second-order valence-corrected chi connectivity index (χ2v) is 6.10. The minimum atomic E-state index is 0.329. The van der Waals surface area contributed by atoms with Crippen molar-refractivity contribution in [1.82, 2.24) is 15.1 Å². The Kier molecular flexibility index (Phi) is 4.93. The van der Waals surface area contributed by atoms with Crippen LogP contribution in [-0.4, -0.2) is 21.7 Å². The van der Waals surface area contributed by atoms with E-state index in [1.165, 1.54) is 19.3 Å². The average Bonchev–Trinajstić information content (AvgIpc) is 2.58. The van der Waals surface area contributed by atoms with Crippen molar-refractivity contribution in [2.45, 2.75) is 44.5 Å². The van der Waals surface area contributed by atoms with Crippen LogP contribution in [0.5, 0.6) is 0 Å². The van der Waals surface area contributed by atoms with E-state index in [0.29, 0.717) is 11.3 Å². The van der Waals surface area contributed by atoms with Crippen molar-refractivity contribution in [3.8, 4) is 0 Å². The molecule has 0 saturated heterocycles. The molecule has 0 amide bonds. The van der Waals surface area contributed by atoms with Gasteiger partial charge in [0, 0.05) is 19.0 Å². The van der Waals surface area contributed by atoms with Gasteiger partial charge in [-0.05, 0) is 32.2 Å². The van der Waals surface area contributed by atoms with Crippen LogP contribution in [0.15, 0.2) is 0 Å². The Hall–Kier alpha value is -0.250. The van der Waals surface area contributed by atoms with Crippen LogP contribution in [-0.2, 0) is 13.6 Å². The zero-order chi connectivity index (χ0) is 13.1. The molecule has 1 aliphatic carbocycles. The molecule has 1 heterocycles. The molecular formula is C13H21Cl2N3. The normalized spacial score (nSPS) is 24.4. The van der Waals surface area contributed by atoms with Crippen LogP contribution in [0.3, 0.4) is 0 Å². The molecule has 2 unspecified atom stereocenters. The number of nitrogens with one attached hydrogen (secondary N) is 1. The molecule has 1 aliphatic rings. The second-order valence-electron chi connectivity index (χ2n) is 5.16. The molecule has 1 fully saturated rings. The molecule has 1 N–H and O–H groups in total. The zero-order valence-electron chi connectivity index (χ0n) is 11.0. The third-order valence-electron chi connectivity index (χ3n) is 3.78. The van der Waals surface area contributed by atoms with Crippen molar-refractivity contribution in [3.63, 3.8) is 0 Å². The van der Waals surface area contributed by atoms with E-state index in [4.69, 9.17) is 23.2 Å². The highest BCUT2D eigenvalue weighted by atomic mass is 35.5. The quantitative estimate of drug-likeness (QED) is 0.863. The van der Waals surface area contributed by atoms with Crippen LogP contribution in [0, 0.1) is 12.8 Å². The first-order valence-electron chi connectivity index (χ1n) is 6.62. The highest BCUT2D eigenvalue weighted by molar-refractivity contribution is 6.31. The van der Waals surface area contributed by atoms with E-state index >= 15 is 0 Å². The van der Waals surface area contributed by atoms with Crippen LogP contribution in [0.2, 0.25) is 5.02 Å². The van der Waals surface area contributed by atoms with E-state index in [9.17, 15) is 0 Å². The Morgan fingerprint density at radius 1 is 1.39 bits per heavy atom. The lowest BCUT2D eigenvalue weighted by Crippen LogP contribution is -2.31. The molecule has 0 radical (unpaired) electrons. The molecule has 0 spiro atoms. The SMILES string of the molecule is Cc1nn(C)c(CNCC2CCCCC2Cl)c1Cl. The van der Waals surface area contributed by atoms with Crippen LogP contribution in [0.4, 0.5) is 0 Å². The van der Waals surface area contributed by atoms with Gasteiger partial charge in [0.05, 0.1) is 16.4 Å². The van der Waals surface area contributed by atoms with Gasteiger partial charge in [0.2, 0.25) is 0 Å². The molecule has 1 aromatic rings. The molecule has 5 heteroatoms. The Morgan fingerprint density at radius 2 is 2.11 bits per heavy atom. The van der Waals surface area contributed by atoms with Gasteiger partial charge < -0.3 is 5.32 Å².